The molecule has 0 bridgehead atoms. The van der Waals surface area contributed by atoms with Crippen molar-refractivity contribution in [3.05, 3.63) is 222 Å². The summed E-state index contributed by atoms with van der Waals surface area (Å²) >= 11 is 1.88. The standard InChI is InChI=1S/C51H33NS/c1-3-17-35(18-4-1)51(36-19-5-2-6-20-36)45-27-13-11-23-40(45)41-31-30-37(33-46(41)51)52(47-28-15-26-44-43-25-12-14-29-49(43)53-50(44)47)48-32-34-16-7-8-21-38(34)39-22-9-10-24-42(39)48/h1-33H. The van der Waals surface area contributed by atoms with Gasteiger partial charge in [-0.3, -0.25) is 0 Å². The summed E-state index contributed by atoms with van der Waals surface area (Å²) in [5.41, 5.74) is 10.7. The minimum atomic E-state index is -0.495. The molecule has 11 rings (SSSR count). The van der Waals surface area contributed by atoms with E-state index in [-0.39, 0.29) is 0 Å². The molecule has 1 aliphatic carbocycles. The van der Waals surface area contributed by atoms with Crippen LogP contribution in [0.5, 0.6) is 0 Å². The molecule has 0 radical (unpaired) electrons. The first-order valence-corrected chi connectivity index (χ1v) is 19.1. The van der Waals surface area contributed by atoms with Gasteiger partial charge in [-0.25, -0.2) is 0 Å². The highest BCUT2D eigenvalue weighted by Gasteiger charge is 2.46. The lowest BCUT2D eigenvalue weighted by Gasteiger charge is -2.35. The molecule has 53 heavy (non-hydrogen) atoms. The average molecular weight is 692 g/mol. The molecule has 0 spiro atoms. The first kappa shape index (κ1) is 30.2. The molecule has 0 N–H and O–H groups in total. The molecule has 0 saturated carbocycles. The van der Waals surface area contributed by atoms with E-state index < -0.39 is 5.41 Å². The Morgan fingerprint density at radius 2 is 0.981 bits per heavy atom. The summed E-state index contributed by atoms with van der Waals surface area (Å²) in [6.45, 7) is 0. The van der Waals surface area contributed by atoms with E-state index in [4.69, 9.17) is 0 Å². The van der Waals surface area contributed by atoms with Crippen LogP contribution in [0, 0.1) is 0 Å². The summed E-state index contributed by atoms with van der Waals surface area (Å²) in [6.07, 6.45) is 0. The highest BCUT2D eigenvalue weighted by Crippen LogP contribution is 2.58. The molecular formula is C51H33NS. The van der Waals surface area contributed by atoms with Crippen LogP contribution in [0.2, 0.25) is 0 Å². The molecule has 1 aliphatic rings. The van der Waals surface area contributed by atoms with Crippen LogP contribution in [0.1, 0.15) is 22.3 Å². The van der Waals surface area contributed by atoms with Crippen LogP contribution in [0.15, 0.2) is 200 Å². The van der Waals surface area contributed by atoms with Gasteiger partial charge < -0.3 is 4.90 Å². The lowest BCUT2D eigenvalue weighted by molar-refractivity contribution is 0.768. The van der Waals surface area contributed by atoms with Crippen molar-refractivity contribution in [2.75, 3.05) is 4.90 Å². The number of rotatable bonds is 5. The van der Waals surface area contributed by atoms with Crippen molar-refractivity contribution in [1.29, 1.82) is 0 Å². The zero-order chi connectivity index (χ0) is 34.9. The molecule has 9 aromatic carbocycles. The van der Waals surface area contributed by atoms with E-state index in [0.717, 1.165) is 5.69 Å². The maximum absolute atomic E-state index is 2.54. The van der Waals surface area contributed by atoms with Gasteiger partial charge in [0.15, 0.2) is 0 Å². The van der Waals surface area contributed by atoms with Gasteiger partial charge in [-0.15, -0.1) is 11.3 Å². The largest absolute Gasteiger partial charge is 0.308 e. The first-order chi connectivity index (χ1) is 26.3. The topological polar surface area (TPSA) is 3.24 Å². The van der Waals surface area contributed by atoms with Gasteiger partial charge in [-0.2, -0.15) is 0 Å². The Labute approximate surface area is 312 Å². The molecule has 248 valence electrons. The summed E-state index contributed by atoms with van der Waals surface area (Å²) in [4.78, 5) is 2.54. The Balaban J connectivity index is 1.27. The van der Waals surface area contributed by atoms with Gasteiger partial charge in [0.2, 0.25) is 0 Å². The third kappa shape index (κ3) is 4.37. The van der Waals surface area contributed by atoms with Crippen molar-refractivity contribution in [3.63, 3.8) is 0 Å². The van der Waals surface area contributed by atoms with E-state index in [0.29, 0.717) is 0 Å². The van der Waals surface area contributed by atoms with Crippen LogP contribution in [0.25, 0.3) is 52.8 Å². The van der Waals surface area contributed by atoms with Crippen molar-refractivity contribution in [2.45, 2.75) is 5.41 Å². The molecule has 2 heteroatoms. The fraction of sp³-hybridized carbons (Fsp3) is 0.0196. The smallest absolute Gasteiger partial charge is 0.0714 e. The molecule has 10 aromatic rings. The van der Waals surface area contributed by atoms with Crippen LogP contribution in [-0.4, -0.2) is 0 Å². The zero-order valence-corrected chi connectivity index (χ0v) is 29.7. The molecule has 1 nitrogen and oxygen atoms in total. The number of benzene rings is 9. The molecule has 1 aromatic heterocycles. The van der Waals surface area contributed by atoms with E-state index >= 15 is 0 Å². The molecule has 0 unspecified atom stereocenters. The first-order valence-electron chi connectivity index (χ1n) is 18.3. The van der Waals surface area contributed by atoms with Gasteiger partial charge in [0.05, 0.1) is 21.5 Å². The van der Waals surface area contributed by atoms with Crippen molar-refractivity contribution in [3.8, 4) is 11.1 Å². The summed E-state index contributed by atoms with van der Waals surface area (Å²) in [6, 6.07) is 74.1. The van der Waals surface area contributed by atoms with Crippen molar-refractivity contribution < 1.29 is 0 Å². The fourth-order valence-corrected chi connectivity index (χ4v) is 10.3. The van der Waals surface area contributed by atoms with Gasteiger partial charge in [0.25, 0.3) is 0 Å². The number of anilines is 3. The fourth-order valence-electron chi connectivity index (χ4n) is 9.11. The minimum Gasteiger partial charge on any atom is -0.308 e. The lowest BCUT2D eigenvalue weighted by atomic mass is 9.67. The van der Waals surface area contributed by atoms with Crippen LogP contribution < -0.4 is 4.90 Å². The SMILES string of the molecule is c1ccc(C2(c3ccccc3)c3ccccc3-c3ccc(N(c4cc5ccccc5c5ccccc45)c4cccc5c4sc4ccccc45)cc32)cc1. The monoisotopic (exact) mass is 691 g/mol. The maximum atomic E-state index is 2.54. The molecular weight excluding hydrogens is 659 g/mol. The molecule has 0 amide bonds. The van der Waals surface area contributed by atoms with Crippen LogP contribution in [-0.2, 0) is 5.41 Å². The van der Waals surface area contributed by atoms with Crippen LogP contribution >= 0.6 is 11.3 Å². The van der Waals surface area contributed by atoms with E-state index in [1.54, 1.807) is 0 Å². The predicted molar refractivity (Wildman–Crippen MR) is 226 cm³/mol. The average Bonchev–Trinajstić information content (AvgIpc) is 3.76. The van der Waals surface area contributed by atoms with Gasteiger partial charge in [0.1, 0.15) is 0 Å². The van der Waals surface area contributed by atoms with E-state index in [9.17, 15) is 0 Å². The summed E-state index contributed by atoms with van der Waals surface area (Å²) in [5.74, 6) is 0. The van der Waals surface area contributed by atoms with Crippen LogP contribution in [0.4, 0.5) is 17.1 Å². The molecule has 0 aliphatic heterocycles. The van der Waals surface area contributed by atoms with E-state index in [1.165, 1.54) is 86.5 Å². The van der Waals surface area contributed by atoms with E-state index in [2.05, 4.69) is 205 Å². The second-order valence-corrected chi connectivity index (χ2v) is 15.1. The molecule has 0 atom stereocenters. The summed E-state index contributed by atoms with van der Waals surface area (Å²) < 4.78 is 2.59. The van der Waals surface area contributed by atoms with Gasteiger partial charge in [0, 0.05) is 26.5 Å². The lowest BCUT2D eigenvalue weighted by Crippen LogP contribution is -2.28. The summed E-state index contributed by atoms with van der Waals surface area (Å²) in [5, 5.41) is 7.56. The van der Waals surface area contributed by atoms with Gasteiger partial charge in [-0.05, 0) is 79.9 Å². The second-order valence-electron chi connectivity index (χ2n) is 14.0. The maximum Gasteiger partial charge on any atom is 0.0714 e. The normalized spacial score (nSPS) is 13.1. The van der Waals surface area contributed by atoms with Crippen LogP contribution in [0.3, 0.4) is 0 Å². The Morgan fingerprint density at radius 3 is 1.77 bits per heavy atom. The van der Waals surface area contributed by atoms with Gasteiger partial charge >= 0.3 is 0 Å². The number of fused-ring (bicyclic) bond motifs is 9. The molecule has 0 fully saturated rings. The minimum absolute atomic E-state index is 0.495. The van der Waals surface area contributed by atoms with E-state index in [1.807, 2.05) is 11.3 Å². The Hall–Kier alpha value is -6.48. The Morgan fingerprint density at radius 1 is 0.377 bits per heavy atom. The quantitative estimate of drug-likeness (QED) is 0.162. The van der Waals surface area contributed by atoms with Gasteiger partial charge in [-0.1, -0.05) is 170 Å². The highest BCUT2D eigenvalue weighted by atomic mass is 32.1. The third-order valence-corrected chi connectivity index (χ3v) is 12.5. The number of hydrogen-bond acceptors (Lipinski definition) is 2. The Bertz CT molecular complexity index is 2970. The molecule has 1 heterocycles. The zero-order valence-electron chi connectivity index (χ0n) is 28.9. The molecule has 0 saturated heterocycles. The number of nitrogens with zero attached hydrogens (tertiary/aromatic N) is 1. The predicted octanol–water partition coefficient (Wildman–Crippen LogP) is 14.2. The third-order valence-electron chi connectivity index (χ3n) is 11.3. The highest BCUT2D eigenvalue weighted by molar-refractivity contribution is 7.26. The number of hydrogen-bond donors (Lipinski definition) is 0. The Kier molecular flexibility index (Phi) is 6.71. The summed E-state index contributed by atoms with van der Waals surface area (Å²) in [7, 11) is 0. The second kappa shape index (κ2) is 11.8. The van der Waals surface area contributed by atoms with Crippen molar-refractivity contribution in [2.24, 2.45) is 0 Å². The number of thiophene rings is 1. The van der Waals surface area contributed by atoms with Crippen molar-refractivity contribution >= 4 is 70.1 Å². The van der Waals surface area contributed by atoms with Crippen molar-refractivity contribution in [1.82, 2.24) is 0 Å².